The van der Waals surface area contributed by atoms with Crippen molar-refractivity contribution >= 4 is 0 Å². The monoisotopic (exact) mass is 176 g/mol. The van der Waals surface area contributed by atoms with E-state index >= 15 is 0 Å². The molecule has 1 unspecified atom stereocenters. The molecule has 1 aliphatic carbocycles. The summed E-state index contributed by atoms with van der Waals surface area (Å²) in [6.45, 7) is 4.06. The Hall–Kier alpha value is -0.890. The maximum Gasteiger partial charge on any atom is 0.0423 e. The molecular formula is C11H16N2. The van der Waals surface area contributed by atoms with Crippen molar-refractivity contribution in [2.45, 2.75) is 32.7 Å². The van der Waals surface area contributed by atoms with Gasteiger partial charge in [-0.3, -0.25) is 4.98 Å². The van der Waals surface area contributed by atoms with Crippen molar-refractivity contribution in [3.8, 4) is 0 Å². The first kappa shape index (κ1) is 8.70. The van der Waals surface area contributed by atoms with Crippen molar-refractivity contribution < 1.29 is 0 Å². The Balaban J connectivity index is 2.28. The van der Waals surface area contributed by atoms with Crippen LogP contribution in [0, 0.1) is 19.8 Å². The Morgan fingerprint density at radius 1 is 1.38 bits per heavy atom. The van der Waals surface area contributed by atoms with Gasteiger partial charge in [0.25, 0.3) is 0 Å². The Kier molecular flexibility index (Phi) is 2.08. The molecule has 1 heterocycles. The molecule has 2 N–H and O–H groups in total. The largest absolute Gasteiger partial charge is 0.324 e. The van der Waals surface area contributed by atoms with Crippen LogP contribution in [-0.4, -0.2) is 4.98 Å². The molecule has 1 aromatic heterocycles. The number of hydrogen-bond donors (Lipinski definition) is 1. The smallest absolute Gasteiger partial charge is 0.0423 e. The molecular weight excluding hydrogens is 160 g/mol. The third-order valence-corrected chi connectivity index (χ3v) is 2.75. The van der Waals surface area contributed by atoms with Gasteiger partial charge < -0.3 is 5.73 Å². The highest BCUT2D eigenvalue weighted by Gasteiger charge is 2.30. The molecule has 0 saturated heterocycles. The lowest BCUT2D eigenvalue weighted by atomic mass is 10.0. The highest BCUT2D eigenvalue weighted by molar-refractivity contribution is 5.26. The number of aromatic nitrogens is 1. The molecule has 1 fully saturated rings. The second-order valence-electron chi connectivity index (χ2n) is 3.99. The SMILES string of the molecule is Cc1ccc(C(N)C2CC2)c(C)n1. The van der Waals surface area contributed by atoms with Gasteiger partial charge in [-0.1, -0.05) is 6.07 Å². The zero-order valence-corrected chi connectivity index (χ0v) is 8.25. The minimum atomic E-state index is 0.216. The van der Waals surface area contributed by atoms with E-state index in [2.05, 4.69) is 11.1 Å². The molecule has 2 heteroatoms. The molecule has 1 aromatic rings. The van der Waals surface area contributed by atoms with E-state index in [0.717, 1.165) is 11.4 Å². The summed E-state index contributed by atoms with van der Waals surface area (Å²) in [4.78, 5) is 4.42. The van der Waals surface area contributed by atoms with Crippen LogP contribution in [-0.2, 0) is 0 Å². The lowest BCUT2D eigenvalue weighted by Crippen LogP contribution is -2.14. The summed E-state index contributed by atoms with van der Waals surface area (Å²) in [6.07, 6.45) is 2.57. The predicted molar refractivity (Wildman–Crippen MR) is 53.4 cm³/mol. The van der Waals surface area contributed by atoms with Gasteiger partial charge in [-0.25, -0.2) is 0 Å². The number of rotatable bonds is 2. The topological polar surface area (TPSA) is 38.9 Å². The van der Waals surface area contributed by atoms with Gasteiger partial charge in [0.2, 0.25) is 0 Å². The number of hydrogen-bond acceptors (Lipinski definition) is 2. The average Bonchev–Trinajstić information content (AvgIpc) is 2.85. The first-order valence-electron chi connectivity index (χ1n) is 4.88. The van der Waals surface area contributed by atoms with Crippen LogP contribution >= 0.6 is 0 Å². The van der Waals surface area contributed by atoms with Crippen LogP contribution in [0.3, 0.4) is 0 Å². The Morgan fingerprint density at radius 2 is 2.08 bits per heavy atom. The van der Waals surface area contributed by atoms with E-state index in [4.69, 9.17) is 5.73 Å². The van der Waals surface area contributed by atoms with E-state index in [1.165, 1.54) is 18.4 Å². The molecule has 1 atom stereocenters. The van der Waals surface area contributed by atoms with Crippen molar-refractivity contribution in [1.29, 1.82) is 0 Å². The van der Waals surface area contributed by atoms with Crippen molar-refractivity contribution in [2.75, 3.05) is 0 Å². The van der Waals surface area contributed by atoms with Crippen LogP contribution in [0.15, 0.2) is 12.1 Å². The minimum Gasteiger partial charge on any atom is -0.324 e. The number of nitrogens with zero attached hydrogens (tertiary/aromatic N) is 1. The molecule has 13 heavy (non-hydrogen) atoms. The summed E-state index contributed by atoms with van der Waals surface area (Å²) in [6, 6.07) is 4.39. The Bertz CT molecular complexity index is 316. The zero-order chi connectivity index (χ0) is 9.42. The van der Waals surface area contributed by atoms with Gasteiger partial charge in [0.1, 0.15) is 0 Å². The van der Waals surface area contributed by atoms with E-state index in [0.29, 0.717) is 5.92 Å². The highest BCUT2D eigenvalue weighted by Crippen LogP contribution is 2.39. The number of pyridine rings is 1. The van der Waals surface area contributed by atoms with Crippen molar-refractivity contribution in [3.63, 3.8) is 0 Å². The van der Waals surface area contributed by atoms with Gasteiger partial charge in [0.05, 0.1) is 0 Å². The standard InChI is InChI=1S/C11H16N2/c1-7-3-6-10(8(2)13-7)11(12)9-4-5-9/h3,6,9,11H,4-5,12H2,1-2H3. The van der Waals surface area contributed by atoms with Gasteiger partial charge >= 0.3 is 0 Å². The molecule has 0 aromatic carbocycles. The van der Waals surface area contributed by atoms with Crippen LogP contribution in [0.25, 0.3) is 0 Å². The fraction of sp³-hybridized carbons (Fsp3) is 0.545. The molecule has 2 nitrogen and oxygen atoms in total. The molecule has 1 aliphatic rings. The van der Waals surface area contributed by atoms with E-state index in [1.54, 1.807) is 0 Å². The molecule has 0 aliphatic heterocycles. The molecule has 2 rings (SSSR count). The lowest BCUT2D eigenvalue weighted by Gasteiger charge is -2.13. The van der Waals surface area contributed by atoms with Crippen LogP contribution in [0.2, 0.25) is 0 Å². The summed E-state index contributed by atoms with van der Waals surface area (Å²) in [5.41, 5.74) is 9.51. The van der Waals surface area contributed by atoms with Gasteiger partial charge in [0, 0.05) is 17.4 Å². The third-order valence-electron chi connectivity index (χ3n) is 2.75. The molecule has 0 amide bonds. The lowest BCUT2D eigenvalue weighted by molar-refractivity contribution is 0.625. The van der Waals surface area contributed by atoms with Crippen molar-refractivity contribution in [3.05, 3.63) is 29.1 Å². The van der Waals surface area contributed by atoms with Crippen LogP contribution in [0.5, 0.6) is 0 Å². The second-order valence-corrected chi connectivity index (χ2v) is 3.99. The van der Waals surface area contributed by atoms with Crippen LogP contribution < -0.4 is 5.73 Å². The zero-order valence-electron chi connectivity index (χ0n) is 8.25. The van der Waals surface area contributed by atoms with Gasteiger partial charge in [-0.15, -0.1) is 0 Å². The summed E-state index contributed by atoms with van der Waals surface area (Å²) in [5.74, 6) is 0.711. The van der Waals surface area contributed by atoms with Crippen LogP contribution in [0.4, 0.5) is 0 Å². The van der Waals surface area contributed by atoms with E-state index in [1.807, 2.05) is 19.9 Å². The van der Waals surface area contributed by atoms with E-state index in [-0.39, 0.29) is 6.04 Å². The normalized spacial score (nSPS) is 18.7. The Labute approximate surface area is 79.2 Å². The van der Waals surface area contributed by atoms with Crippen molar-refractivity contribution in [1.82, 2.24) is 4.98 Å². The third kappa shape index (κ3) is 1.73. The molecule has 1 saturated carbocycles. The quantitative estimate of drug-likeness (QED) is 0.749. The van der Waals surface area contributed by atoms with E-state index < -0.39 is 0 Å². The van der Waals surface area contributed by atoms with Gasteiger partial charge in [-0.05, 0) is 44.2 Å². The van der Waals surface area contributed by atoms with Crippen molar-refractivity contribution in [2.24, 2.45) is 11.7 Å². The summed E-state index contributed by atoms with van der Waals surface area (Å²) < 4.78 is 0. The fourth-order valence-corrected chi connectivity index (χ4v) is 1.76. The highest BCUT2D eigenvalue weighted by atomic mass is 14.7. The predicted octanol–water partition coefficient (Wildman–Crippen LogP) is 2.11. The Morgan fingerprint density at radius 3 is 2.62 bits per heavy atom. The van der Waals surface area contributed by atoms with E-state index in [9.17, 15) is 0 Å². The summed E-state index contributed by atoms with van der Waals surface area (Å²) in [7, 11) is 0. The second kappa shape index (κ2) is 3.11. The minimum absolute atomic E-state index is 0.216. The first-order chi connectivity index (χ1) is 6.18. The van der Waals surface area contributed by atoms with Gasteiger partial charge in [0.15, 0.2) is 0 Å². The summed E-state index contributed by atoms with van der Waals surface area (Å²) in [5, 5.41) is 0. The molecule has 0 radical (unpaired) electrons. The van der Waals surface area contributed by atoms with Gasteiger partial charge in [-0.2, -0.15) is 0 Å². The maximum absolute atomic E-state index is 6.11. The van der Waals surface area contributed by atoms with Crippen LogP contribution in [0.1, 0.15) is 35.8 Å². The summed E-state index contributed by atoms with van der Waals surface area (Å²) >= 11 is 0. The number of aryl methyl sites for hydroxylation is 2. The molecule has 0 bridgehead atoms. The molecule has 70 valence electrons. The average molecular weight is 176 g/mol. The fourth-order valence-electron chi connectivity index (χ4n) is 1.76. The number of nitrogens with two attached hydrogens (primary N) is 1. The molecule has 0 spiro atoms. The maximum atomic E-state index is 6.11. The first-order valence-corrected chi connectivity index (χ1v) is 4.88.